The van der Waals surface area contributed by atoms with Crippen molar-refractivity contribution in [2.75, 3.05) is 6.61 Å². The highest BCUT2D eigenvalue weighted by atomic mass is 16.5. The van der Waals surface area contributed by atoms with E-state index in [1.807, 2.05) is 32.0 Å². The molecule has 0 radical (unpaired) electrons. The van der Waals surface area contributed by atoms with Gasteiger partial charge in [0.15, 0.2) is 0 Å². The fourth-order valence-electron chi connectivity index (χ4n) is 3.03. The maximum atomic E-state index is 12.1. The Morgan fingerprint density at radius 2 is 2.04 bits per heavy atom. The molecular formula is C19H24N2O3. The van der Waals surface area contributed by atoms with Gasteiger partial charge >= 0.3 is 0 Å². The van der Waals surface area contributed by atoms with Gasteiger partial charge in [0.1, 0.15) is 18.5 Å². The van der Waals surface area contributed by atoms with E-state index in [2.05, 4.69) is 5.10 Å². The molecule has 1 aliphatic rings. The van der Waals surface area contributed by atoms with Crippen LogP contribution in [-0.2, 0) is 19.4 Å². The average molecular weight is 328 g/mol. The molecule has 0 aliphatic heterocycles. The average Bonchev–Trinajstić information content (AvgIpc) is 2.56. The molecular weight excluding hydrogens is 304 g/mol. The number of aliphatic hydroxyl groups is 1. The quantitative estimate of drug-likeness (QED) is 0.914. The van der Waals surface area contributed by atoms with Crippen LogP contribution in [0.25, 0.3) is 0 Å². The summed E-state index contributed by atoms with van der Waals surface area (Å²) >= 11 is 0. The van der Waals surface area contributed by atoms with Crippen molar-refractivity contribution in [2.45, 2.75) is 52.2 Å². The lowest BCUT2D eigenvalue weighted by molar-refractivity contribution is 0.0873. The molecule has 0 saturated heterocycles. The molecule has 1 aromatic carbocycles. The molecule has 5 nitrogen and oxygen atoms in total. The van der Waals surface area contributed by atoms with Gasteiger partial charge in [-0.15, -0.1) is 0 Å². The largest absolute Gasteiger partial charge is 0.491 e. The van der Waals surface area contributed by atoms with Gasteiger partial charge < -0.3 is 9.84 Å². The number of hydrogen-bond acceptors (Lipinski definition) is 4. The molecule has 1 aliphatic carbocycles. The van der Waals surface area contributed by atoms with Crippen LogP contribution in [0.1, 0.15) is 35.2 Å². The first-order valence-corrected chi connectivity index (χ1v) is 8.51. The summed E-state index contributed by atoms with van der Waals surface area (Å²) < 4.78 is 7.07. The summed E-state index contributed by atoms with van der Waals surface area (Å²) in [6.45, 7) is 4.25. The van der Waals surface area contributed by atoms with Crippen LogP contribution in [0.2, 0.25) is 0 Å². The number of hydrogen-bond donors (Lipinski definition) is 1. The van der Waals surface area contributed by atoms with Gasteiger partial charge in [0.05, 0.1) is 12.2 Å². The van der Waals surface area contributed by atoms with Crippen LogP contribution in [0.15, 0.2) is 29.1 Å². The summed E-state index contributed by atoms with van der Waals surface area (Å²) in [6, 6.07) is 7.63. The van der Waals surface area contributed by atoms with E-state index in [4.69, 9.17) is 4.74 Å². The van der Waals surface area contributed by atoms with Crippen LogP contribution in [0.4, 0.5) is 0 Å². The van der Waals surface area contributed by atoms with Gasteiger partial charge in [-0.3, -0.25) is 4.79 Å². The van der Waals surface area contributed by atoms with Crippen molar-refractivity contribution in [1.29, 1.82) is 0 Å². The van der Waals surface area contributed by atoms with E-state index in [-0.39, 0.29) is 18.7 Å². The van der Waals surface area contributed by atoms with Crippen molar-refractivity contribution in [2.24, 2.45) is 0 Å². The van der Waals surface area contributed by atoms with Crippen molar-refractivity contribution in [3.63, 3.8) is 0 Å². The zero-order chi connectivity index (χ0) is 17.1. The Morgan fingerprint density at radius 3 is 2.88 bits per heavy atom. The van der Waals surface area contributed by atoms with E-state index >= 15 is 0 Å². The molecule has 128 valence electrons. The number of benzene rings is 1. The summed E-state index contributed by atoms with van der Waals surface area (Å²) in [5.41, 5.74) is 4.03. The minimum Gasteiger partial charge on any atom is -0.491 e. The van der Waals surface area contributed by atoms with Gasteiger partial charge in [-0.2, -0.15) is 5.10 Å². The van der Waals surface area contributed by atoms with Gasteiger partial charge in [0.25, 0.3) is 5.56 Å². The van der Waals surface area contributed by atoms with E-state index in [0.717, 1.165) is 53.8 Å². The number of fused-ring (bicyclic) bond motifs is 1. The minimum absolute atomic E-state index is 0.134. The number of ether oxygens (including phenoxy) is 1. The molecule has 0 spiro atoms. The Balaban J connectivity index is 1.65. The van der Waals surface area contributed by atoms with Gasteiger partial charge in [0, 0.05) is 6.07 Å². The van der Waals surface area contributed by atoms with Crippen LogP contribution >= 0.6 is 0 Å². The standard InChI is InChI=1S/C19H24N2O3/c1-13-7-8-14(2)18(9-13)24-12-16(22)11-21-19(23)10-15-5-3-4-6-17(15)20-21/h7-10,16,22H,3-6,11-12H2,1-2H3. The smallest absolute Gasteiger partial charge is 0.267 e. The van der Waals surface area contributed by atoms with Crippen LogP contribution in [0.5, 0.6) is 5.75 Å². The summed E-state index contributed by atoms with van der Waals surface area (Å²) in [7, 11) is 0. The molecule has 0 fully saturated rings. The van der Waals surface area contributed by atoms with Crippen molar-refractivity contribution >= 4 is 0 Å². The summed E-state index contributed by atoms with van der Waals surface area (Å²) in [6.07, 6.45) is 3.28. The zero-order valence-electron chi connectivity index (χ0n) is 14.3. The van der Waals surface area contributed by atoms with Gasteiger partial charge in [0.2, 0.25) is 0 Å². The molecule has 1 atom stereocenters. The lowest BCUT2D eigenvalue weighted by Gasteiger charge is -2.18. The molecule has 1 heterocycles. The maximum absolute atomic E-state index is 12.1. The summed E-state index contributed by atoms with van der Waals surface area (Å²) in [4.78, 5) is 12.1. The summed E-state index contributed by atoms with van der Waals surface area (Å²) in [5, 5.41) is 14.7. The van der Waals surface area contributed by atoms with Crippen molar-refractivity contribution < 1.29 is 9.84 Å². The second-order valence-corrected chi connectivity index (χ2v) is 6.58. The van der Waals surface area contributed by atoms with E-state index in [9.17, 15) is 9.90 Å². The molecule has 1 unspecified atom stereocenters. The number of aliphatic hydroxyl groups excluding tert-OH is 1. The van der Waals surface area contributed by atoms with Gasteiger partial charge in [-0.25, -0.2) is 4.68 Å². The first-order valence-electron chi connectivity index (χ1n) is 8.51. The fourth-order valence-corrected chi connectivity index (χ4v) is 3.03. The van der Waals surface area contributed by atoms with E-state index < -0.39 is 6.10 Å². The van der Waals surface area contributed by atoms with Crippen molar-refractivity contribution in [3.8, 4) is 5.75 Å². The van der Waals surface area contributed by atoms with Gasteiger partial charge in [-0.1, -0.05) is 12.1 Å². The van der Waals surface area contributed by atoms with Gasteiger partial charge in [-0.05, 0) is 62.3 Å². The second-order valence-electron chi connectivity index (χ2n) is 6.58. The maximum Gasteiger partial charge on any atom is 0.267 e. The highest BCUT2D eigenvalue weighted by Gasteiger charge is 2.15. The van der Waals surface area contributed by atoms with Crippen molar-refractivity contribution in [1.82, 2.24) is 9.78 Å². The Kier molecular flexibility index (Phi) is 5.00. The SMILES string of the molecule is Cc1ccc(C)c(OCC(O)Cn2nc3c(cc2=O)CCCC3)c1. The molecule has 5 heteroatoms. The van der Waals surface area contributed by atoms with E-state index in [0.29, 0.717) is 0 Å². The highest BCUT2D eigenvalue weighted by molar-refractivity contribution is 5.35. The van der Waals surface area contributed by atoms with Crippen LogP contribution in [0, 0.1) is 13.8 Å². The third-order valence-corrected chi connectivity index (χ3v) is 4.43. The molecule has 0 amide bonds. The normalized spacial score (nSPS) is 15.0. The van der Waals surface area contributed by atoms with E-state index in [1.165, 1.54) is 4.68 Å². The lowest BCUT2D eigenvalue weighted by Crippen LogP contribution is -2.33. The highest BCUT2D eigenvalue weighted by Crippen LogP contribution is 2.19. The molecule has 1 N–H and O–H groups in total. The monoisotopic (exact) mass is 328 g/mol. The lowest BCUT2D eigenvalue weighted by atomic mass is 9.97. The third kappa shape index (κ3) is 3.85. The first-order chi connectivity index (χ1) is 11.5. The molecule has 0 bridgehead atoms. The first kappa shape index (κ1) is 16.7. The minimum atomic E-state index is -0.781. The predicted octanol–water partition coefficient (Wildman–Crippen LogP) is 2.18. The van der Waals surface area contributed by atoms with Crippen LogP contribution in [0.3, 0.4) is 0 Å². The topological polar surface area (TPSA) is 64.3 Å². The number of rotatable bonds is 5. The Morgan fingerprint density at radius 1 is 1.25 bits per heavy atom. The fraction of sp³-hybridized carbons (Fsp3) is 0.474. The summed E-state index contributed by atoms with van der Waals surface area (Å²) in [5.74, 6) is 0.764. The number of aryl methyl sites for hydroxylation is 4. The number of aromatic nitrogens is 2. The third-order valence-electron chi connectivity index (χ3n) is 4.43. The molecule has 24 heavy (non-hydrogen) atoms. The molecule has 1 aromatic heterocycles. The van der Waals surface area contributed by atoms with Crippen LogP contribution < -0.4 is 10.3 Å². The number of nitrogens with zero attached hydrogens (tertiary/aromatic N) is 2. The zero-order valence-corrected chi connectivity index (χ0v) is 14.3. The second kappa shape index (κ2) is 7.18. The van der Waals surface area contributed by atoms with Crippen molar-refractivity contribution in [3.05, 3.63) is 57.0 Å². The molecule has 0 saturated carbocycles. The Hall–Kier alpha value is -2.14. The Labute approximate surface area is 141 Å². The molecule has 2 aromatic rings. The molecule has 3 rings (SSSR count). The predicted molar refractivity (Wildman–Crippen MR) is 92.6 cm³/mol. The van der Waals surface area contributed by atoms with Crippen LogP contribution in [-0.4, -0.2) is 27.6 Å². The Bertz CT molecular complexity index is 783. The van der Waals surface area contributed by atoms with E-state index in [1.54, 1.807) is 6.07 Å².